The number of halogens is 7. The molecule has 0 amide bonds. The predicted octanol–water partition coefficient (Wildman–Crippen LogP) is 9.46. The average Bonchev–Trinajstić information content (AvgIpc) is 2.77. The second-order valence-electron chi connectivity index (χ2n) is 9.53. The van der Waals surface area contributed by atoms with Crippen LogP contribution >= 0.6 is 0 Å². The lowest BCUT2D eigenvalue weighted by Gasteiger charge is -2.29. The molecule has 0 N–H and O–H groups in total. The summed E-state index contributed by atoms with van der Waals surface area (Å²) in [5.74, 6) is -2.97. The fraction of sp³-hybridized carbons (Fsp3) is 0.500. The standard InChI is InChI=1S/C28H31F7/c1-2-3-4-5-19-16-25(31)27(26(32)17-19)21-10-8-18(9-11-21)6-7-20-14-23(29)22(24(30)15-20)12-13-28(33,34)35/h12-18,21H,2-11H2,1H3. The van der Waals surface area contributed by atoms with Gasteiger partial charge in [-0.2, -0.15) is 13.2 Å². The highest BCUT2D eigenvalue weighted by molar-refractivity contribution is 5.52. The van der Waals surface area contributed by atoms with E-state index in [0.29, 0.717) is 49.3 Å². The number of unbranched alkanes of at least 4 members (excludes halogenated alkanes) is 2. The minimum Gasteiger partial charge on any atom is -0.207 e. The Labute approximate surface area is 202 Å². The largest absolute Gasteiger partial charge is 0.409 e. The van der Waals surface area contributed by atoms with Gasteiger partial charge in [-0.1, -0.05) is 19.8 Å². The third-order valence-electron chi connectivity index (χ3n) is 6.88. The number of allylic oxidation sites excluding steroid dienone is 1. The molecule has 0 aromatic heterocycles. The fourth-order valence-electron chi connectivity index (χ4n) is 4.98. The molecule has 0 radical (unpaired) electrons. The molecule has 7 heteroatoms. The van der Waals surface area contributed by atoms with Gasteiger partial charge in [-0.3, -0.25) is 0 Å². The van der Waals surface area contributed by atoms with E-state index in [9.17, 15) is 30.7 Å². The first-order chi connectivity index (χ1) is 16.6. The van der Waals surface area contributed by atoms with Crippen molar-refractivity contribution in [2.75, 3.05) is 0 Å². The minimum absolute atomic E-state index is 0.161. The maximum absolute atomic E-state index is 14.7. The first-order valence-corrected chi connectivity index (χ1v) is 12.3. The zero-order valence-corrected chi connectivity index (χ0v) is 19.8. The summed E-state index contributed by atoms with van der Waals surface area (Å²) < 4.78 is 94.6. The van der Waals surface area contributed by atoms with Crippen LogP contribution in [0.2, 0.25) is 0 Å². The Bertz CT molecular complexity index is 968. The van der Waals surface area contributed by atoms with Gasteiger partial charge < -0.3 is 0 Å². The van der Waals surface area contributed by atoms with Crippen molar-refractivity contribution in [3.63, 3.8) is 0 Å². The van der Waals surface area contributed by atoms with Gasteiger partial charge >= 0.3 is 6.18 Å². The molecule has 1 aliphatic carbocycles. The van der Waals surface area contributed by atoms with Crippen LogP contribution in [0.25, 0.3) is 6.08 Å². The SMILES string of the molecule is CCCCCc1cc(F)c(C2CCC(CCc3cc(F)c(C=CC(F)(F)F)c(F)c3)CC2)c(F)c1. The van der Waals surface area contributed by atoms with Crippen LogP contribution in [-0.2, 0) is 12.8 Å². The van der Waals surface area contributed by atoms with Crippen molar-refractivity contribution in [1.29, 1.82) is 0 Å². The molecular weight excluding hydrogens is 469 g/mol. The minimum atomic E-state index is -4.65. The highest BCUT2D eigenvalue weighted by Crippen LogP contribution is 2.40. The van der Waals surface area contributed by atoms with E-state index in [1.54, 1.807) is 0 Å². The van der Waals surface area contributed by atoms with Crippen molar-refractivity contribution in [1.82, 2.24) is 0 Å². The van der Waals surface area contributed by atoms with Gasteiger partial charge in [0.2, 0.25) is 0 Å². The Morgan fingerprint density at radius 1 is 0.771 bits per heavy atom. The zero-order chi connectivity index (χ0) is 25.6. The summed E-state index contributed by atoms with van der Waals surface area (Å²) in [6, 6.07) is 5.04. The highest BCUT2D eigenvalue weighted by Gasteiger charge is 2.27. The second-order valence-corrected chi connectivity index (χ2v) is 9.53. The van der Waals surface area contributed by atoms with Crippen molar-refractivity contribution in [3.05, 3.63) is 75.9 Å². The number of hydrogen-bond donors (Lipinski definition) is 0. The summed E-state index contributed by atoms with van der Waals surface area (Å²) in [5, 5.41) is 0. The van der Waals surface area contributed by atoms with Crippen molar-refractivity contribution < 1.29 is 30.7 Å². The fourth-order valence-corrected chi connectivity index (χ4v) is 4.98. The van der Waals surface area contributed by atoms with Crippen LogP contribution in [0, 0.1) is 29.2 Å². The molecule has 192 valence electrons. The molecule has 0 nitrogen and oxygen atoms in total. The molecule has 0 bridgehead atoms. The second kappa shape index (κ2) is 12.1. The molecule has 0 aliphatic heterocycles. The highest BCUT2D eigenvalue weighted by atomic mass is 19.4. The van der Waals surface area contributed by atoms with E-state index in [4.69, 9.17) is 0 Å². The Balaban J connectivity index is 1.55. The van der Waals surface area contributed by atoms with Crippen LogP contribution in [0.3, 0.4) is 0 Å². The third-order valence-corrected chi connectivity index (χ3v) is 6.88. The summed E-state index contributed by atoms with van der Waals surface area (Å²) >= 11 is 0. The topological polar surface area (TPSA) is 0 Å². The normalized spacial score (nSPS) is 19.0. The van der Waals surface area contributed by atoms with Crippen molar-refractivity contribution >= 4 is 6.08 Å². The van der Waals surface area contributed by atoms with Gasteiger partial charge in [0.1, 0.15) is 23.3 Å². The number of alkyl halides is 3. The third kappa shape index (κ3) is 7.84. The molecule has 1 aliphatic rings. The van der Waals surface area contributed by atoms with Crippen LogP contribution in [0.4, 0.5) is 30.7 Å². The van der Waals surface area contributed by atoms with Gasteiger partial charge in [0.15, 0.2) is 0 Å². The zero-order valence-electron chi connectivity index (χ0n) is 19.8. The van der Waals surface area contributed by atoms with Crippen LogP contribution in [0.15, 0.2) is 30.3 Å². The Kier molecular flexibility index (Phi) is 9.42. The van der Waals surface area contributed by atoms with Crippen LogP contribution in [-0.4, -0.2) is 6.18 Å². The van der Waals surface area contributed by atoms with Crippen molar-refractivity contribution in [2.45, 2.75) is 83.2 Å². The molecule has 3 rings (SSSR count). The summed E-state index contributed by atoms with van der Waals surface area (Å²) in [6.45, 7) is 2.08. The van der Waals surface area contributed by atoms with Gasteiger partial charge in [0, 0.05) is 17.2 Å². The monoisotopic (exact) mass is 500 g/mol. The van der Waals surface area contributed by atoms with E-state index in [1.165, 1.54) is 12.1 Å². The van der Waals surface area contributed by atoms with E-state index in [2.05, 4.69) is 6.92 Å². The van der Waals surface area contributed by atoms with Crippen LogP contribution in [0.1, 0.15) is 86.5 Å². The van der Waals surface area contributed by atoms with Gasteiger partial charge in [-0.25, -0.2) is 17.6 Å². The number of rotatable bonds is 9. The molecule has 35 heavy (non-hydrogen) atoms. The van der Waals surface area contributed by atoms with Crippen LogP contribution < -0.4 is 0 Å². The lowest BCUT2D eigenvalue weighted by Crippen LogP contribution is -2.16. The van der Waals surface area contributed by atoms with Gasteiger partial charge in [0.25, 0.3) is 0 Å². The Hall–Kier alpha value is -2.31. The van der Waals surface area contributed by atoms with Crippen LogP contribution in [0.5, 0.6) is 0 Å². The molecule has 2 aromatic carbocycles. The summed E-state index contributed by atoms with van der Waals surface area (Å²) in [6.07, 6.45) is 2.97. The number of hydrogen-bond acceptors (Lipinski definition) is 0. The van der Waals surface area contributed by atoms with Gasteiger partial charge in [0.05, 0.1) is 0 Å². The molecule has 1 saturated carbocycles. The molecular formula is C28H31F7. The van der Waals surface area contributed by atoms with E-state index >= 15 is 0 Å². The lowest BCUT2D eigenvalue weighted by molar-refractivity contribution is -0.0790. The molecule has 0 unspecified atom stereocenters. The first-order valence-electron chi connectivity index (χ1n) is 12.3. The van der Waals surface area contributed by atoms with E-state index in [1.807, 2.05) is 0 Å². The summed E-state index contributed by atoms with van der Waals surface area (Å²) in [5.41, 5.74) is 0.508. The van der Waals surface area contributed by atoms with E-state index in [0.717, 1.165) is 44.2 Å². The molecule has 1 fully saturated rings. The Morgan fingerprint density at radius 3 is 1.86 bits per heavy atom. The average molecular weight is 501 g/mol. The van der Waals surface area contributed by atoms with E-state index in [-0.39, 0.29) is 23.5 Å². The molecule has 0 saturated heterocycles. The predicted molar refractivity (Wildman–Crippen MR) is 124 cm³/mol. The summed E-state index contributed by atoms with van der Waals surface area (Å²) in [7, 11) is 0. The van der Waals surface area contributed by atoms with Crippen molar-refractivity contribution in [2.24, 2.45) is 5.92 Å². The molecule has 0 atom stereocenters. The smallest absolute Gasteiger partial charge is 0.207 e. The van der Waals surface area contributed by atoms with Gasteiger partial charge in [-0.15, -0.1) is 0 Å². The number of aryl methyl sites for hydroxylation is 2. The quantitative estimate of drug-likeness (QED) is 0.238. The molecule has 0 spiro atoms. The molecule has 2 aromatic rings. The lowest BCUT2D eigenvalue weighted by atomic mass is 9.76. The number of benzene rings is 2. The Morgan fingerprint density at radius 2 is 1.31 bits per heavy atom. The van der Waals surface area contributed by atoms with Gasteiger partial charge in [-0.05, 0) is 105 Å². The first kappa shape index (κ1) is 27.3. The maximum atomic E-state index is 14.7. The van der Waals surface area contributed by atoms with Crippen molar-refractivity contribution in [3.8, 4) is 0 Å². The molecule has 0 heterocycles. The summed E-state index contributed by atoms with van der Waals surface area (Å²) in [4.78, 5) is 0. The van der Waals surface area contributed by atoms with E-state index < -0.39 is 35.0 Å². The maximum Gasteiger partial charge on any atom is 0.409 e.